The molecule has 11 heteroatoms. The molecule has 49 heavy (non-hydrogen) atoms. The van der Waals surface area contributed by atoms with Crippen LogP contribution in [0.2, 0.25) is 0 Å². The zero-order chi connectivity index (χ0) is 33.9. The van der Waals surface area contributed by atoms with Crippen LogP contribution in [-0.2, 0) is 17.6 Å². The Bertz CT molecular complexity index is 2080. The number of morpholine rings is 1. The van der Waals surface area contributed by atoms with Crippen molar-refractivity contribution in [3.63, 3.8) is 0 Å². The fourth-order valence-corrected chi connectivity index (χ4v) is 6.22. The maximum absolute atomic E-state index is 15.5. The minimum absolute atomic E-state index is 0.0209. The van der Waals surface area contributed by atoms with E-state index in [-0.39, 0.29) is 23.5 Å². The quantitative estimate of drug-likeness (QED) is 0.121. The number of aromatic nitrogens is 2. The Kier molecular flexibility index (Phi) is 9.36. The molecule has 5 aromatic rings. The lowest BCUT2D eigenvalue weighted by atomic mass is 10.0. The van der Waals surface area contributed by atoms with Crippen molar-refractivity contribution < 1.29 is 32.5 Å². The van der Waals surface area contributed by atoms with Crippen molar-refractivity contribution in [1.29, 1.82) is 0 Å². The third kappa shape index (κ3) is 7.04. The van der Waals surface area contributed by atoms with Crippen LogP contribution >= 0.6 is 0 Å². The third-order valence-corrected chi connectivity index (χ3v) is 8.80. The Balaban J connectivity index is 1.06. The molecule has 3 aromatic carbocycles. The molecule has 2 aliphatic rings. The van der Waals surface area contributed by atoms with E-state index in [1.165, 1.54) is 41.0 Å². The van der Waals surface area contributed by atoms with Crippen LogP contribution in [0.1, 0.15) is 33.5 Å². The van der Waals surface area contributed by atoms with E-state index >= 15 is 4.39 Å². The normalized spacial score (nSPS) is 14.4. The van der Waals surface area contributed by atoms with E-state index in [0.717, 1.165) is 50.6 Å². The number of nitrogens with zero attached hydrogens (tertiary/aromatic N) is 3. The van der Waals surface area contributed by atoms with E-state index in [1.807, 2.05) is 19.1 Å². The van der Waals surface area contributed by atoms with Gasteiger partial charge in [-0.1, -0.05) is 6.07 Å². The van der Waals surface area contributed by atoms with E-state index < -0.39 is 23.0 Å². The number of ether oxygens (including phenoxy) is 4. The third-order valence-electron chi connectivity index (χ3n) is 8.80. The van der Waals surface area contributed by atoms with Gasteiger partial charge in [-0.3, -0.25) is 24.0 Å². The number of benzene rings is 3. The van der Waals surface area contributed by atoms with Crippen molar-refractivity contribution in [2.24, 2.45) is 0 Å². The number of hydrogen-bond acceptors (Lipinski definition) is 8. The summed E-state index contributed by atoms with van der Waals surface area (Å²) < 4.78 is 53.5. The lowest BCUT2D eigenvalue weighted by molar-refractivity contribution is 0.0358. The van der Waals surface area contributed by atoms with Crippen LogP contribution in [0.3, 0.4) is 0 Å². The minimum atomic E-state index is -0.662. The number of fused-ring (bicyclic) bond motifs is 2. The minimum Gasteiger partial charge on any atom is -0.493 e. The van der Waals surface area contributed by atoms with Gasteiger partial charge in [-0.25, -0.2) is 8.78 Å². The molecule has 0 saturated carbocycles. The Morgan fingerprint density at radius 3 is 2.57 bits per heavy atom. The predicted molar refractivity (Wildman–Crippen MR) is 180 cm³/mol. The number of rotatable bonds is 11. The first-order valence-electron chi connectivity index (χ1n) is 16.3. The molecule has 2 aromatic heterocycles. The maximum Gasteiger partial charge on any atom is 0.269 e. The van der Waals surface area contributed by atoms with Gasteiger partial charge in [-0.15, -0.1) is 0 Å². The molecule has 252 valence electrons. The summed E-state index contributed by atoms with van der Waals surface area (Å²) in [5.41, 5.74) is 2.34. The van der Waals surface area contributed by atoms with Gasteiger partial charge in [0.15, 0.2) is 17.3 Å². The Morgan fingerprint density at radius 2 is 1.78 bits per heavy atom. The molecule has 0 spiro atoms. The second kappa shape index (κ2) is 14.2. The van der Waals surface area contributed by atoms with Crippen molar-refractivity contribution in [2.45, 2.75) is 26.2 Å². The molecule has 0 bridgehead atoms. The zero-order valence-electron chi connectivity index (χ0n) is 27.0. The molecule has 0 radical (unpaired) electrons. The predicted octanol–water partition coefficient (Wildman–Crippen LogP) is 6.23. The largest absolute Gasteiger partial charge is 0.493 e. The molecule has 2 aliphatic heterocycles. The molecular weight excluding hydrogens is 632 g/mol. The summed E-state index contributed by atoms with van der Waals surface area (Å²) in [5.74, 6) is -0.231. The van der Waals surface area contributed by atoms with Gasteiger partial charge in [-0.2, -0.15) is 0 Å². The fraction of sp³-hybridized carbons (Fsp3) is 0.289. The highest BCUT2D eigenvalue weighted by Crippen LogP contribution is 2.35. The van der Waals surface area contributed by atoms with Gasteiger partial charge >= 0.3 is 0 Å². The van der Waals surface area contributed by atoms with E-state index in [0.29, 0.717) is 53.1 Å². The van der Waals surface area contributed by atoms with E-state index in [9.17, 15) is 14.0 Å². The summed E-state index contributed by atoms with van der Waals surface area (Å²) in [5, 5.41) is 0.703. The second-order valence-electron chi connectivity index (χ2n) is 12.2. The van der Waals surface area contributed by atoms with Gasteiger partial charge in [0.2, 0.25) is 0 Å². The highest BCUT2D eigenvalue weighted by Gasteiger charge is 2.27. The van der Waals surface area contributed by atoms with Crippen molar-refractivity contribution in [3.8, 4) is 28.7 Å². The molecule has 0 unspecified atom stereocenters. The van der Waals surface area contributed by atoms with E-state index in [4.69, 9.17) is 18.9 Å². The molecule has 7 rings (SSSR count). The molecule has 0 aliphatic carbocycles. The summed E-state index contributed by atoms with van der Waals surface area (Å²) >= 11 is 0. The topological polar surface area (TPSA) is 92.1 Å². The highest BCUT2D eigenvalue weighted by atomic mass is 19.1. The molecule has 0 atom stereocenters. The summed E-state index contributed by atoms with van der Waals surface area (Å²) in [6, 6.07) is 15.2. The monoisotopic (exact) mass is 667 g/mol. The van der Waals surface area contributed by atoms with Crippen molar-refractivity contribution in [1.82, 2.24) is 14.5 Å². The number of carbonyl (C=O) groups is 1. The van der Waals surface area contributed by atoms with Crippen molar-refractivity contribution in [2.75, 3.05) is 46.1 Å². The molecule has 1 fully saturated rings. The summed E-state index contributed by atoms with van der Waals surface area (Å²) in [4.78, 5) is 33.9. The number of ketones is 1. The molecular formula is C38H35F2N3O6. The first kappa shape index (κ1) is 32.4. The van der Waals surface area contributed by atoms with Crippen molar-refractivity contribution in [3.05, 3.63) is 117 Å². The molecule has 4 heterocycles. The fourth-order valence-electron chi connectivity index (χ4n) is 6.22. The molecule has 9 nitrogen and oxygen atoms in total. The van der Waals surface area contributed by atoms with Gasteiger partial charge in [-0.05, 0) is 73.0 Å². The molecule has 1 saturated heterocycles. The highest BCUT2D eigenvalue weighted by molar-refractivity contribution is 6.00. The SMILES string of the molecule is Cc1cc2c(Oc3ccc(CC(=O)c4c5c(cn(-c6ccc(F)cc6)c4=O)CCO5)cc3F)ccnc2cc1OCCCN1CCOCC1. The summed E-state index contributed by atoms with van der Waals surface area (Å²) in [6.45, 7) is 7.22. The summed E-state index contributed by atoms with van der Waals surface area (Å²) in [7, 11) is 0. The average molecular weight is 668 g/mol. The second-order valence-corrected chi connectivity index (χ2v) is 12.2. The van der Waals surface area contributed by atoms with Gasteiger partial charge < -0.3 is 18.9 Å². The Hall–Kier alpha value is -5.13. The van der Waals surface area contributed by atoms with Crippen LogP contribution in [0.15, 0.2) is 77.9 Å². The van der Waals surface area contributed by atoms with Crippen LogP contribution < -0.4 is 19.8 Å². The van der Waals surface area contributed by atoms with Crippen LogP contribution in [0.25, 0.3) is 16.6 Å². The van der Waals surface area contributed by atoms with E-state index in [1.54, 1.807) is 24.5 Å². The molecule has 0 N–H and O–H groups in total. The number of Topliss-reactive ketones (excluding diaryl/α,β-unsaturated/α-hetero) is 1. The van der Waals surface area contributed by atoms with Crippen LogP contribution in [0.4, 0.5) is 8.78 Å². The van der Waals surface area contributed by atoms with Gasteiger partial charge in [0.25, 0.3) is 5.56 Å². The van der Waals surface area contributed by atoms with Crippen molar-refractivity contribution >= 4 is 16.7 Å². The van der Waals surface area contributed by atoms with Gasteiger partial charge in [0.1, 0.15) is 28.6 Å². The van der Waals surface area contributed by atoms with Crippen LogP contribution in [0, 0.1) is 18.6 Å². The van der Waals surface area contributed by atoms with Gasteiger partial charge in [0, 0.05) is 67.6 Å². The van der Waals surface area contributed by atoms with Crippen LogP contribution in [-0.4, -0.2) is 66.3 Å². The number of pyridine rings is 2. The Labute approximate surface area is 281 Å². The number of halogens is 2. The first-order chi connectivity index (χ1) is 23.8. The lowest BCUT2D eigenvalue weighted by Gasteiger charge is -2.26. The average Bonchev–Trinajstić information content (AvgIpc) is 3.57. The Morgan fingerprint density at radius 1 is 0.959 bits per heavy atom. The molecule has 0 amide bonds. The number of aryl methyl sites for hydroxylation is 1. The smallest absolute Gasteiger partial charge is 0.269 e. The van der Waals surface area contributed by atoms with Crippen LogP contribution in [0.5, 0.6) is 23.0 Å². The lowest BCUT2D eigenvalue weighted by Crippen LogP contribution is -2.37. The zero-order valence-corrected chi connectivity index (χ0v) is 27.0. The first-order valence-corrected chi connectivity index (χ1v) is 16.3. The maximum atomic E-state index is 15.5. The summed E-state index contributed by atoms with van der Waals surface area (Å²) in [6.07, 6.45) is 4.39. The van der Waals surface area contributed by atoms with E-state index in [2.05, 4.69) is 9.88 Å². The standard InChI is InChI=1S/C38H35F2N3O6/c1-24-19-29-31(22-35(24)47-15-2-12-42-13-17-46-18-14-42)41-11-9-33(29)49-34-8-3-25(20-30(34)40)21-32(44)36-37-26(10-16-48-37)23-43(38(36)45)28-6-4-27(39)5-7-28/h3-9,11,19-20,22-23H,2,10,12-18,21H2,1H3. The van der Waals surface area contributed by atoms with Gasteiger partial charge in [0.05, 0.1) is 31.9 Å². The number of carbonyl (C=O) groups excluding carboxylic acids is 1. The number of hydrogen-bond donors (Lipinski definition) is 0.